The van der Waals surface area contributed by atoms with E-state index >= 15 is 0 Å². The summed E-state index contributed by atoms with van der Waals surface area (Å²) in [7, 11) is 0. The molecule has 0 aromatic heterocycles. The van der Waals surface area contributed by atoms with Gasteiger partial charge >= 0.3 is 0 Å². The van der Waals surface area contributed by atoms with E-state index < -0.39 is 0 Å². The molecule has 0 bridgehead atoms. The lowest BCUT2D eigenvalue weighted by atomic mass is 9.81. The van der Waals surface area contributed by atoms with Gasteiger partial charge in [-0.2, -0.15) is 0 Å². The zero-order chi connectivity index (χ0) is 9.61. The van der Waals surface area contributed by atoms with Crippen LogP contribution in [-0.4, -0.2) is 0 Å². The van der Waals surface area contributed by atoms with Gasteiger partial charge < -0.3 is 0 Å². The standard InChI is InChI=1S/C12H25/c1-6-8-9-11(7-2)10-12(3,4)5/h11H,3,6-10H2,1-2,4-5H3. The Bertz CT molecular complexity index is 97.1. The summed E-state index contributed by atoms with van der Waals surface area (Å²) in [6, 6.07) is 0. The summed E-state index contributed by atoms with van der Waals surface area (Å²) in [6.07, 6.45) is 6.71. The molecule has 0 aliphatic heterocycles. The molecule has 0 N–H and O–H groups in total. The van der Waals surface area contributed by atoms with Crippen LogP contribution in [0.4, 0.5) is 0 Å². The van der Waals surface area contributed by atoms with Gasteiger partial charge in [0, 0.05) is 0 Å². The normalized spacial score (nSPS) is 14.8. The first-order valence-corrected chi connectivity index (χ1v) is 5.35. The van der Waals surface area contributed by atoms with Gasteiger partial charge in [0.05, 0.1) is 0 Å². The van der Waals surface area contributed by atoms with Gasteiger partial charge in [0.1, 0.15) is 0 Å². The van der Waals surface area contributed by atoms with E-state index in [4.69, 9.17) is 0 Å². The highest BCUT2D eigenvalue weighted by atomic mass is 14.2. The van der Waals surface area contributed by atoms with Crippen LogP contribution in [0.3, 0.4) is 0 Å². The van der Waals surface area contributed by atoms with Gasteiger partial charge in [-0.05, 0) is 24.7 Å². The molecule has 0 aliphatic rings. The third-order valence-corrected chi connectivity index (χ3v) is 2.38. The second-order valence-corrected chi connectivity index (χ2v) is 4.78. The van der Waals surface area contributed by atoms with Crippen molar-refractivity contribution in [1.29, 1.82) is 0 Å². The van der Waals surface area contributed by atoms with Gasteiger partial charge in [0.25, 0.3) is 0 Å². The number of rotatable bonds is 6. The van der Waals surface area contributed by atoms with Crippen LogP contribution in [-0.2, 0) is 0 Å². The zero-order valence-electron chi connectivity index (χ0n) is 9.32. The van der Waals surface area contributed by atoms with Crippen molar-refractivity contribution >= 4 is 0 Å². The SMILES string of the molecule is [CH2]C(C)(C)CC(CC)CCCC. The number of unbranched alkanes of at least 4 members (excludes halogenated alkanes) is 1. The highest BCUT2D eigenvalue weighted by molar-refractivity contribution is 4.74. The summed E-state index contributed by atoms with van der Waals surface area (Å²) < 4.78 is 0. The third-order valence-electron chi connectivity index (χ3n) is 2.38. The van der Waals surface area contributed by atoms with Crippen molar-refractivity contribution in [2.45, 2.75) is 59.8 Å². The first-order chi connectivity index (χ1) is 5.49. The predicted molar refractivity (Wildman–Crippen MR) is 57.1 cm³/mol. The molecule has 0 saturated heterocycles. The minimum atomic E-state index is 0.272. The molecule has 0 fully saturated rings. The monoisotopic (exact) mass is 169 g/mol. The van der Waals surface area contributed by atoms with Crippen molar-refractivity contribution in [1.82, 2.24) is 0 Å². The van der Waals surface area contributed by atoms with Gasteiger partial charge in [-0.25, -0.2) is 0 Å². The minimum absolute atomic E-state index is 0.272. The van der Waals surface area contributed by atoms with Crippen LogP contribution in [0.25, 0.3) is 0 Å². The first kappa shape index (κ1) is 12.0. The molecule has 0 amide bonds. The Labute approximate surface area is 78.8 Å². The molecule has 0 rings (SSSR count). The molecule has 0 aromatic rings. The zero-order valence-corrected chi connectivity index (χ0v) is 9.32. The molecule has 73 valence electrons. The van der Waals surface area contributed by atoms with Gasteiger partial charge in [0.15, 0.2) is 0 Å². The summed E-state index contributed by atoms with van der Waals surface area (Å²) in [5.41, 5.74) is 0.272. The molecule has 1 radical (unpaired) electrons. The van der Waals surface area contributed by atoms with Crippen molar-refractivity contribution in [3.05, 3.63) is 6.92 Å². The van der Waals surface area contributed by atoms with Crippen LogP contribution < -0.4 is 0 Å². The van der Waals surface area contributed by atoms with Crippen molar-refractivity contribution in [3.63, 3.8) is 0 Å². The maximum atomic E-state index is 4.17. The Morgan fingerprint density at radius 2 is 1.83 bits per heavy atom. The maximum absolute atomic E-state index is 4.17. The summed E-state index contributed by atoms with van der Waals surface area (Å²) >= 11 is 0. The van der Waals surface area contributed by atoms with E-state index in [0.717, 1.165) is 5.92 Å². The highest BCUT2D eigenvalue weighted by Crippen LogP contribution is 2.28. The number of hydrogen-bond acceptors (Lipinski definition) is 0. The van der Waals surface area contributed by atoms with E-state index in [0.29, 0.717) is 0 Å². The topological polar surface area (TPSA) is 0 Å². The lowest BCUT2D eigenvalue weighted by molar-refractivity contribution is 0.302. The predicted octanol–water partition coefficient (Wildman–Crippen LogP) is 4.45. The maximum Gasteiger partial charge on any atom is -0.0351 e. The summed E-state index contributed by atoms with van der Waals surface area (Å²) in [6.45, 7) is 13.2. The Hall–Kier alpha value is 0. The molecule has 1 atom stereocenters. The average Bonchev–Trinajstić information content (AvgIpc) is 1.95. The van der Waals surface area contributed by atoms with Crippen molar-refractivity contribution in [2.75, 3.05) is 0 Å². The van der Waals surface area contributed by atoms with Crippen LogP contribution in [0.2, 0.25) is 0 Å². The summed E-state index contributed by atoms with van der Waals surface area (Å²) in [4.78, 5) is 0. The van der Waals surface area contributed by atoms with Crippen LogP contribution in [0.15, 0.2) is 0 Å². The van der Waals surface area contributed by atoms with E-state index in [1.807, 2.05) is 0 Å². The van der Waals surface area contributed by atoms with Gasteiger partial charge in [-0.1, -0.05) is 53.4 Å². The lowest BCUT2D eigenvalue weighted by Gasteiger charge is -2.24. The lowest BCUT2D eigenvalue weighted by Crippen LogP contribution is -2.13. The van der Waals surface area contributed by atoms with Crippen molar-refractivity contribution in [3.8, 4) is 0 Å². The molecule has 0 heteroatoms. The van der Waals surface area contributed by atoms with E-state index in [9.17, 15) is 0 Å². The Morgan fingerprint density at radius 3 is 2.17 bits per heavy atom. The van der Waals surface area contributed by atoms with Crippen molar-refractivity contribution < 1.29 is 0 Å². The van der Waals surface area contributed by atoms with E-state index in [2.05, 4.69) is 34.6 Å². The average molecular weight is 169 g/mol. The quantitative estimate of drug-likeness (QED) is 0.551. The number of hydrogen-bond donors (Lipinski definition) is 0. The first-order valence-electron chi connectivity index (χ1n) is 5.35. The Kier molecular flexibility index (Phi) is 5.61. The fourth-order valence-electron chi connectivity index (χ4n) is 1.72. The summed E-state index contributed by atoms with van der Waals surface area (Å²) in [5.74, 6) is 0.900. The smallest absolute Gasteiger partial charge is 0.0351 e. The molecule has 0 aliphatic carbocycles. The van der Waals surface area contributed by atoms with E-state index in [1.54, 1.807) is 0 Å². The summed E-state index contributed by atoms with van der Waals surface area (Å²) in [5, 5.41) is 0. The highest BCUT2D eigenvalue weighted by Gasteiger charge is 2.16. The Balaban J connectivity index is 3.67. The minimum Gasteiger partial charge on any atom is -0.0654 e. The van der Waals surface area contributed by atoms with Crippen LogP contribution in [0.5, 0.6) is 0 Å². The van der Waals surface area contributed by atoms with E-state index in [1.165, 1.54) is 32.1 Å². The molecule has 0 heterocycles. The second kappa shape index (κ2) is 5.61. The van der Waals surface area contributed by atoms with E-state index in [-0.39, 0.29) is 5.41 Å². The molecule has 0 saturated carbocycles. The van der Waals surface area contributed by atoms with Crippen LogP contribution in [0, 0.1) is 18.3 Å². The molecule has 0 nitrogen and oxygen atoms in total. The molecular formula is C12H25. The fraction of sp³-hybridized carbons (Fsp3) is 0.917. The molecule has 1 unspecified atom stereocenters. The third kappa shape index (κ3) is 6.69. The molecule has 0 aromatic carbocycles. The molecular weight excluding hydrogens is 144 g/mol. The molecule has 0 spiro atoms. The van der Waals surface area contributed by atoms with Gasteiger partial charge in [-0.15, -0.1) is 0 Å². The van der Waals surface area contributed by atoms with Crippen LogP contribution in [0.1, 0.15) is 59.8 Å². The van der Waals surface area contributed by atoms with Gasteiger partial charge in [-0.3, -0.25) is 0 Å². The Morgan fingerprint density at radius 1 is 1.25 bits per heavy atom. The fourth-order valence-corrected chi connectivity index (χ4v) is 1.72. The van der Waals surface area contributed by atoms with Crippen molar-refractivity contribution in [2.24, 2.45) is 11.3 Å². The second-order valence-electron chi connectivity index (χ2n) is 4.78. The largest absolute Gasteiger partial charge is 0.0654 e. The van der Waals surface area contributed by atoms with Crippen LogP contribution >= 0.6 is 0 Å². The molecule has 12 heavy (non-hydrogen) atoms. The van der Waals surface area contributed by atoms with Gasteiger partial charge in [0.2, 0.25) is 0 Å².